The number of hydrogen-bond donors (Lipinski definition) is 1. The van der Waals surface area contributed by atoms with Crippen LogP contribution in [0.25, 0.3) is 33.6 Å². The molecule has 200 valence electrons. The lowest BCUT2D eigenvalue weighted by Crippen LogP contribution is -2.37. The van der Waals surface area contributed by atoms with Crippen LogP contribution in [0.1, 0.15) is 56.4 Å². The predicted octanol–water partition coefficient (Wildman–Crippen LogP) is 7.21. The van der Waals surface area contributed by atoms with Crippen LogP contribution < -0.4 is 4.90 Å². The molecule has 1 saturated carbocycles. The highest BCUT2D eigenvalue weighted by molar-refractivity contribution is 5.86. The topological polar surface area (TPSA) is 54.0 Å². The molecule has 0 spiro atoms. The van der Waals surface area contributed by atoms with Crippen LogP contribution in [0, 0.1) is 5.92 Å². The third-order valence-electron chi connectivity index (χ3n) is 9.10. The Bertz CT molecular complexity index is 1460. The summed E-state index contributed by atoms with van der Waals surface area (Å²) in [7, 11) is 0. The van der Waals surface area contributed by atoms with Gasteiger partial charge in [-0.15, -0.1) is 0 Å². The van der Waals surface area contributed by atoms with Crippen molar-refractivity contribution in [2.75, 3.05) is 31.2 Å². The second kappa shape index (κ2) is 9.95. The monoisotopic (exact) mass is 518 g/mol. The normalized spacial score (nSPS) is 18.0. The van der Waals surface area contributed by atoms with Crippen molar-refractivity contribution >= 4 is 5.82 Å². The van der Waals surface area contributed by atoms with E-state index in [1.165, 1.54) is 59.1 Å². The van der Waals surface area contributed by atoms with Crippen LogP contribution in [-0.4, -0.2) is 41.5 Å². The fraction of sp³-hybridized carbons (Fsp3) is 0.412. The van der Waals surface area contributed by atoms with Crippen molar-refractivity contribution < 1.29 is 4.74 Å². The van der Waals surface area contributed by atoms with Gasteiger partial charge < -0.3 is 9.64 Å². The van der Waals surface area contributed by atoms with E-state index in [2.05, 4.69) is 84.5 Å². The van der Waals surface area contributed by atoms with Crippen molar-refractivity contribution in [1.82, 2.24) is 15.2 Å². The van der Waals surface area contributed by atoms with Crippen molar-refractivity contribution in [2.45, 2.75) is 57.8 Å². The van der Waals surface area contributed by atoms with E-state index in [1.807, 2.05) is 0 Å². The Morgan fingerprint density at radius 1 is 0.923 bits per heavy atom. The molecule has 2 aromatic carbocycles. The average molecular weight is 519 g/mol. The molecule has 0 unspecified atom stereocenters. The van der Waals surface area contributed by atoms with Crippen LogP contribution in [-0.2, 0) is 23.0 Å². The van der Waals surface area contributed by atoms with E-state index >= 15 is 0 Å². The van der Waals surface area contributed by atoms with E-state index in [0.717, 1.165) is 62.0 Å². The van der Waals surface area contributed by atoms with Crippen LogP contribution >= 0.6 is 0 Å². The first-order valence-electron chi connectivity index (χ1n) is 14.7. The van der Waals surface area contributed by atoms with Gasteiger partial charge in [0.2, 0.25) is 0 Å². The van der Waals surface area contributed by atoms with Gasteiger partial charge >= 0.3 is 0 Å². The van der Waals surface area contributed by atoms with Gasteiger partial charge in [0.15, 0.2) is 5.82 Å². The summed E-state index contributed by atoms with van der Waals surface area (Å²) in [6, 6.07) is 22.5. The molecule has 5 nitrogen and oxygen atoms in total. The lowest BCUT2D eigenvalue weighted by atomic mass is 9.61. The Morgan fingerprint density at radius 3 is 2.38 bits per heavy atom. The predicted molar refractivity (Wildman–Crippen MR) is 158 cm³/mol. The summed E-state index contributed by atoms with van der Waals surface area (Å²) in [6.07, 6.45) is 7.14. The van der Waals surface area contributed by atoms with E-state index in [4.69, 9.17) is 14.8 Å². The molecule has 1 aliphatic heterocycles. The molecule has 0 amide bonds. The minimum atomic E-state index is 0.368. The maximum absolute atomic E-state index is 5.58. The first-order valence-corrected chi connectivity index (χ1v) is 14.7. The Labute approximate surface area is 231 Å². The molecule has 1 N–H and O–H groups in total. The number of H-pyrrole nitrogens is 1. The summed E-state index contributed by atoms with van der Waals surface area (Å²) in [5.74, 6) is 1.80. The highest BCUT2D eigenvalue weighted by Gasteiger charge is 2.39. The van der Waals surface area contributed by atoms with Gasteiger partial charge in [0.05, 0.1) is 30.3 Å². The number of aryl methyl sites for hydroxylation is 1. The maximum atomic E-state index is 5.58. The summed E-state index contributed by atoms with van der Waals surface area (Å²) in [6.45, 7) is 8.02. The summed E-state index contributed by atoms with van der Waals surface area (Å²) >= 11 is 0. The number of morpholine rings is 1. The molecule has 39 heavy (non-hydrogen) atoms. The fourth-order valence-electron chi connectivity index (χ4n) is 7.09. The van der Waals surface area contributed by atoms with Crippen LogP contribution in [0.5, 0.6) is 0 Å². The van der Waals surface area contributed by atoms with Crippen LogP contribution in [0.15, 0.2) is 60.7 Å². The van der Waals surface area contributed by atoms with Gasteiger partial charge in [-0.3, -0.25) is 10.1 Å². The minimum Gasteiger partial charge on any atom is -0.378 e. The number of pyridine rings is 1. The molecule has 3 aliphatic rings. The maximum Gasteiger partial charge on any atom is 0.154 e. The van der Waals surface area contributed by atoms with E-state index in [-0.39, 0.29) is 0 Å². The Morgan fingerprint density at radius 2 is 1.69 bits per heavy atom. The molecule has 0 atom stereocenters. The van der Waals surface area contributed by atoms with Crippen LogP contribution in [0.3, 0.4) is 0 Å². The van der Waals surface area contributed by atoms with Gasteiger partial charge in [0.1, 0.15) is 0 Å². The van der Waals surface area contributed by atoms with Crippen LogP contribution in [0.4, 0.5) is 5.82 Å². The SMILES string of the molecule is CC(C)CC1(c2ccc(-c3nc4c(cc3-c3ccccc3)-c3[nH]nc(N5CCOCC5)c3CC4)cc2)CCC1. The van der Waals surface area contributed by atoms with Crippen molar-refractivity contribution in [2.24, 2.45) is 5.92 Å². The van der Waals surface area contributed by atoms with Crippen LogP contribution in [0.2, 0.25) is 0 Å². The lowest BCUT2D eigenvalue weighted by Gasteiger charge is -2.44. The number of aromatic amines is 1. The highest BCUT2D eigenvalue weighted by atomic mass is 16.5. The van der Waals surface area contributed by atoms with Gasteiger partial charge in [0, 0.05) is 35.3 Å². The Balaban J connectivity index is 1.30. The number of ether oxygens (including phenoxy) is 1. The first kappa shape index (κ1) is 24.6. The number of nitrogens with zero attached hydrogens (tertiary/aromatic N) is 3. The summed E-state index contributed by atoms with van der Waals surface area (Å²) in [5, 5.41) is 8.19. The molecule has 2 fully saturated rings. The number of aromatic nitrogens is 3. The summed E-state index contributed by atoms with van der Waals surface area (Å²) in [5.41, 5.74) is 11.3. The molecule has 2 aromatic heterocycles. The number of anilines is 1. The molecule has 3 heterocycles. The zero-order valence-corrected chi connectivity index (χ0v) is 23.2. The minimum absolute atomic E-state index is 0.368. The average Bonchev–Trinajstić information content (AvgIpc) is 3.40. The van der Waals surface area contributed by atoms with Crippen molar-refractivity contribution in [3.8, 4) is 33.6 Å². The third kappa shape index (κ3) is 4.37. The Hall–Kier alpha value is -3.44. The second-order valence-corrected chi connectivity index (χ2v) is 12.1. The molecule has 4 aromatic rings. The van der Waals surface area contributed by atoms with Crippen molar-refractivity contribution in [3.05, 3.63) is 77.5 Å². The second-order valence-electron chi connectivity index (χ2n) is 12.1. The molecule has 0 radical (unpaired) electrons. The van der Waals surface area contributed by atoms with Gasteiger partial charge in [-0.2, -0.15) is 5.10 Å². The van der Waals surface area contributed by atoms with Crippen molar-refractivity contribution in [1.29, 1.82) is 0 Å². The molecule has 5 heteroatoms. The fourth-order valence-corrected chi connectivity index (χ4v) is 7.09. The molecular weight excluding hydrogens is 480 g/mol. The van der Waals surface area contributed by atoms with Gasteiger partial charge in [0.25, 0.3) is 0 Å². The number of benzene rings is 2. The standard InChI is InChI=1S/C34H38N4O/c1-23(2)22-34(15-6-16-34)26-11-9-25(10-12-26)31-28(24-7-4-3-5-8-24)21-29-30(35-31)14-13-27-32(29)36-37-33(27)38-17-19-39-20-18-38/h3-5,7-12,21,23H,6,13-20,22H2,1-2H3,(H,36,37). The summed E-state index contributed by atoms with van der Waals surface area (Å²) < 4.78 is 5.58. The van der Waals surface area contributed by atoms with Gasteiger partial charge in [-0.05, 0) is 60.6 Å². The molecule has 7 rings (SSSR count). The number of hydrogen-bond acceptors (Lipinski definition) is 4. The molecule has 0 bridgehead atoms. The Kier molecular flexibility index (Phi) is 6.27. The zero-order chi connectivity index (χ0) is 26.4. The third-order valence-corrected chi connectivity index (χ3v) is 9.10. The zero-order valence-electron chi connectivity index (χ0n) is 23.2. The number of nitrogens with one attached hydrogen (secondary N) is 1. The van der Waals surface area contributed by atoms with Crippen molar-refractivity contribution in [3.63, 3.8) is 0 Å². The summed E-state index contributed by atoms with van der Waals surface area (Å²) in [4.78, 5) is 7.73. The lowest BCUT2D eigenvalue weighted by molar-refractivity contribution is 0.122. The van der Waals surface area contributed by atoms with E-state index in [9.17, 15) is 0 Å². The van der Waals surface area contributed by atoms with Gasteiger partial charge in [-0.1, -0.05) is 74.9 Å². The first-order chi connectivity index (χ1) is 19.1. The van der Waals surface area contributed by atoms with E-state index < -0.39 is 0 Å². The quantitative estimate of drug-likeness (QED) is 0.293. The van der Waals surface area contributed by atoms with Gasteiger partial charge in [-0.25, -0.2) is 0 Å². The molecule has 1 saturated heterocycles. The molecule has 2 aliphatic carbocycles. The van der Waals surface area contributed by atoms with E-state index in [0.29, 0.717) is 11.3 Å². The highest BCUT2D eigenvalue weighted by Crippen LogP contribution is 2.49. The van der Waals surface area contributed by atoms with E-state index in [1.54, 1.807) is 0 Å². The molecular formula is C34H38N4O. The largest absolute Gasteiger partial charge is 0.378 e. The number of fused-ring (bicyclic) bond motifs is 3. The number of rotatable bonds is 6. The smallest absolute Gasteiger partial charge is 0.154 e.